The number of benzene rings is 1. The zero-order valence-corrected chi connectivity index (χ0v) is 11.5. The quantitative estimate of drug-likeness (QED) is 0.541. The molecule has 0 atom stereocenters. The summed E-state index contributed by atoms with van der Waals surface area (Å²) < 4.78 is 1.11. The second-order valence-corrected chi connectivity index (χ2v) is 5.75. The first-order valence-electron chi connectivity index (χ1n) is 5.67. The van der Waals surface area contributed by atoms with Gasteiger partial charge in [-0.2, -0.15) is 5.26 Å². The van der Waals surface area contributed by atoms with Gasteiger partial charge in [-0.25, -0.2) is 9.97 Å². The zero-order valence-electron chi connectivity index (χ0n) is 9.91. The molecule has 2 heterocycles. The van der Waals surface area contributed by atoms with Crippen LogP contribution < -0.4 is 0 Å². The lowest BCUT2D eigenvalue weighted by Gasteiger charge is -2.03. The van der Waals surface area contributed by atoms with Crippen LogP contribution in [0.2, 0.25) is 0 Å². The predicted molar refractivity (Wildman–Crippen MR) is 78.1 cm³/mol. The summed E-state index contributed by atoms with van der Waals surface area (Å²) >= 11 is 3.29. The minimum Gasteiger partial charge on any atom is -0.235 e. The summed E-state index contributed by atoms with van der Waals surface area (Å²) in [4.78, 5) is 8.55. The molecule has 0 bridgehead atoms. The van der Waals surface area contributed by atoms with Gasteiger partial charge in [0.15, 0.2) is 0 Å². The Hall–Kier alpha value is -1.90. The number of aromatic nitrogens is 2. The Kier molecular flexibility index (Phi) is 3.45. The maximum atomic E-state index is 9.07. The fourth-order valence-corrected chi connectivity index (χ4v) is 3.72. The molecule has 3 rings (SSSR count). The number of hydrogen-bond acceptors (Lipinski definition) is 5. The van der Waals surface area contributed by atoms with E-state index in [1.54, 1.807) is 29.4 Å². The molecule has 19 heavy (non-hydrogen) atoms. The Morgan fingerprint density at radius 2 is 2.11 bits per heavy atom. The number of rotatable bonds is 3. The highest BCUT2D eigenvalue weighted by Gasteiger charge is 2.07. The minimum absolute atomic E-state index is 0.728. The Balaban J connectivity index is 1.87. The monoisotopic (exact) mass is 283 g/mol. The number of thioether (sulfide) groups is 1. The highest BCUT2D eigenvalue weighted by Crippen LogP contribution is 2.31. The molecule has 5 heteroatoms. The molecule has 0 unspecified atom stereocenters. The van der Waals surface area contributed by atoms with Gasteiger partial charge in [0.25, 0.3) is 0 Å². The molecule has 1 aromatic carbocycles. The van der Waals surface area contributed by atoms with Crippen LogP contribution in [0, 0.1) is 11.3 Å². The fraction of sp³-hybridized carbons (Fsp3) is 0.0714. The van der Waals surface area contributed by atoms with Crippen molar-refractivity contribution in [1.82, 2.24) is 9.97 Å². The summed E-state index contributed by atoms with van der Waals surface area (Å²) in [5.74, 6) is 0.744. The molecule has 0 amide bonds. The number of hydrogen-bond donors (Lipinski definition) is 0. The van der Waals surface area contributed by atoms with Crippen molar-refractivity contribution >= 4 is 33.3 Å². The number of thiophene rings is 1. The molecule has 0 aliphatic heterocycles. The van der Waals surface area contributed by atoms with Crippen molar-refractivity contribution in [1.29, 1.82) is 5.26 Å². The van der Waals surface area contributed by atoms with Gasteiger partial charge in [-0.05, 0) is 23.1 Å². The van der Waals surface area contributed by atoms with E-state index in [4.69, 9.17) is 5.26 Å². The Morgan fingerprint density at radius 1 is 1.21 bits per heavy atom. The average molecular weight is 283 g/mol. The van der Waals surface area contributed by atoms with Crippen LogP contribution in [0.25, 0.3) is 10.2 Å². The van der Waals surface area contributed by atoms with Gasteiger partial charge in [-0.1, -0.05) is 18.2 Å². The third-order valence-corrected chi connectivity index (χ3v) is 4.79. The summed E-state index contributed by atoms with van der Waals surface area (Å²) in [7, 11) is 0. The van der Waals surface area contributed by atoms with Crippen molar-refractivity contribution in [3.63, 3.8) is 0 Å². The first-order valence-corrected chi connectivity index (χ1v) is 7.54. The zero-order chi connectivity index (χ0) is 13.1. The van der Waals surface area contributed by atoms with Crippen molar-refractivity contribution < 1.29 is 0 Å². The van der Waals surface area contributed by atoms with Gasteiger partial charge in [0.1, 0.15) is 11.4 Å². The summed E-state index contributed by atoms with van der Waals surface area (Å²) in [5.41, 5.74) is 2.75. The van der Waals surface area contributed by atoms with E-state index in [-0.39, 0.29) is 0 Å². The van der Waals surface area contributed by atoms with E-state index in [1.807, 2.05) is 35.7 Å². The van der Waals surface area contributed by atoms with E-state index >= 15 is 0 Å². The van der Waals surface area contributed by atoms with Gasteiger partial charge < -0.3 is 0 Å². The van der Waals surface area contributed by atoms with Crippen LogP contribution in [-0.4, -0.2) is 9.97 Å². The van der Waals surface area contributed by atoms with Crippen molar-refractivity contribution in [2.24, 2.45) is 0 Å². The Bertz CT molecular complexity index is 758. The van der Waals surface area contributed by atoms with Crippen LogP contribution in [0.3, 0.4) is 0 Å². The van der Waals surface area contributed by atoms with E-state index in [2.05, 4.69) is 16.0 Å². The molecule has 0 spiro atoms. The van der Waals surface area contributed by atoms with Crippen LogP contribution in [0.5, 0.6) is 0 Å². The third-order valence-electron chi connectivity index (χ3n) is 2.71. The van der Waals surface area contributed by atoms with Crippen molar-refractivity contribution in [3.05, 3.63) is 53.2 Å². The highest BCUT2D eigenvalue weighted by atomic mass is 32.2. The summed E-state index contributed by atoms with van der Waals surface area (Å²) in [6.07, 6.45) is 1.59. The highest BCUT2D eigenvalue weighted by molar-refractivity contribution is 7.98. The van der Waals surface area contributed by atoms with Crippen LogP contribution in [0.4, 0.5) is 0 Å². The first kappa shape index (κ1) is 12.2. The maximum absolute atomic E-state index is 9.07. The first-order chi connectivity index (χ1) is 9.38. The average Bonchev–Trinajstić information content (AvgIpc) is 2.94. The molecule has 2 aromatic heterocycles. The number of nitriles is 1. The standard InChI is InChI=1S/C14H9N3S2/c15-7-10-3-1-2-4-11(10)8-19-14-13-12(5-6-18-13)16-9-17-14/h1-6,9H,8H2. The second kappa shape index (κ2) is 5.39. The van der Waals surface area contributed by atoms with Gasteiger partial charge in [0, 0.05) is 5.75 Å². The summed E-state index contributed by atoms with van der Waals surface area (Å²) in [6, 6.07) is 11.9. The van der Waals surface area contributed by atoms with Gasteiger partial charge in [-0.15, -0.1) is 23.1 Å². The third kappa shape index (κ3) is 2.46. The van der Waals surface area contributed by atoms with Crippen LogP contribution >= 0.6 is 23.1 Å². The van der Waals surface area contributed by atoms with Gasteiger partial charge >= 0.3 is 0 Å². The minimum atomic E-state index is 0.728. The molecular weight excluding hydrogens is 274 g/mol. The molecular formula is C14H9N3S2. The topological polar surface area (TPSA) is 49.6 Å². The molecule has 0 saturated heterocycles. The molecule has 0 aliphatic carbocycles. The van der Waals surface area contributed by atoms with Crippen molar-refractivity contribution in [2.45, 2.75) is 10.8 Å². The smallest absolute Gasteiger partial charge is 0.118 e. The molecule has 0 saturated carbocycles. The van der Waals surface area contributed by atoms with E-state index in [0.717, 1.165) is 32.1 Å². The summed E-state index contributed by atoms with van der Waals surface area (Å²) in [5, 5.41) is 12.1. The molecule has 0 aliphatic rings. The maximum Gasteiger partial charge on any atom is 0.118 e. The van der Waals surface area contributed by atoms with E-state index < -0.39 is 0 Å². The Labute approximate surface area is 118 Å². The molecule has 0 N–H and O–H groups in total. The van der Waals surface area contributed by atoms with E-state index in [9.17, 15) is 0 Å². The molecule has 0 radical (unpaired) electrons. The number of fused-ring (bicyclic) bond motifs is 1. The van der Waals surface area contributed by atoms with Crippen LogP contribution in [0.15, 0.2) is 47.1 Å². The van der Waals surface area contributed by atoms with Crippen molar-refractivity contribution in [3.8, 4) is 6.07 Å². The molecule has 92 valence electrons. The van der Waals surface area contributed by atoms with E-state index in [0.29, 0.717) is 0 Å². The largest absolute Gasteiger partial charge is 0.235 e. The van der Waals surface area contributed by atoms with Gasteiger partial charge in [0.05, 0.1) is 21.8 Å². The molecule has 0 fully saturated rings. The lowest BCUT2D eigenvalue weighted by Crippen LogP contribution is -1.88. The van der Waals surface area contributed by atoms with Crippen LogP contribution in [0.1, 0.15) is 11.1 Å². The van der Waals surface area contributed by atoms with Crippen molar-refractivity contribution in [2.75, 3.05) is 0 Å². The molecule has 3 aromatic rings. The Morgan fingerprint density at radius 3 is 3.00 bits per heavy atom. The van der Waals surface area contributed by atoms with Gasteiger partial charge in [0.2, 0.25) is 0 Å². The van der Waals surface area contributed by atoms with Gasteiger partial charge in [-0.3, -0.25) is 0 Å². The summed E-state index contributed by atoms with van der Waals surface area (Å²) in [6.45, 7) is 0. The number of nitrogens with zero attached hydrogens (tertiary/aromatic N) is 3. The fourth-order valence-electron chi connectivity index (χ4n) is 1.77. The normalized spacial score (nSPS) is 10.5. The lowest BCUT2D eigenvalue weighted by molar-refractivity contribution is 1.11. The molecule has 3 nitrogen and oxygen atoms in total. The SMILES string of the molecule is N#Cc1ccccc1CSc1ncnc2ccsc12. The lowest BCUT2D eigenvalue weighted by atomic mass is 10.1. The second-order valence-electron chi connectivity index (χ2n) is 3.87. The van der Waals surface area contributed by atoms with Crippen LogP contribution in [-0.2, 0) is 5.75 Å². The predicted octanol–water partition coefficient (Wildman–Crippen LogP) is 3.86. The van der Waals surface area contributed by atoms with E-state index in [1.165, 1.54) is 0 Å².